The van der Waals surface area contributed by atoms with Gasteiger partial charge in [-0.1, -0.05) is 72.8 Å². The van der Waals surface area contributed by atoms with Gasteiger partial charge in [-0.15, -0.1) is 0 Å². The Kier molecular flexibility index (Phi) is 3.91. The monoisotopic (exact) mass is 534 g/mol. The van der Waals surface area contributed by atoms with Gasteiger partial charge in [0.15, 0.2) is 5.69 Å². The van der Waals surface area contributed by atoms with E-state index in [0.717, 1.165) is 27.2 Å². The third kappa shape index (κ3) is 2.52. The fourth-order valence-electron chi connectivity index (χ4n) is 7.10. The van der Waals surface area contributed by atoms with E-state index in [1.54, 1.807) is 6.20 Å². The van der Waals surface area contributed by atoms with Crippen molar-refractivity contribution in [3.05, 3.63) is 115 Å². The number of aromatic nitrogens is 5. The Morgan fingerprint density at radius 1 is 0.595 bits per heavy atom. The van der Waals surface area contributed by atoms with Crippen LogP contribution in [0, 0.1) is 11.3 Å². The first-order valence-electron chi connectivity index (χ1n) is 13.9. The highest BCUT2D eigenvalue weighted by Crippen LogP contribution is 2.47. The molecule has 0 N–H and O–H groups in total. The van der Waals surface area contributed by atoms with E-state index < -0.39 is 0 Å². The number of nitrogens with zero attached hydrogens (tertiary/aromatic N) is 6. The van der Waals surface area contributed by atoms with Gasteiger partial charge in [-0.2, -0.15) is 10.2 Å². The van der Waals surface area contributed by atoms with Crippen molar-refractivity contribution in [2.45, 2.75) is 0 Å². The number of hydrogen-bond acceptors (Lipinski definition) is 4. The molecule has 192 valence electrons. The number of nitriles is 1. The highest BCUT2D eigenvalue weighted by Gasteiger charge is 2.26. The van der Waals surface area contributed by atoms with Gasteiger partial charge in [0.2, 0.25) is 5.95 Å². The summed E-state index contributed by atoms with van der Waals surface area (Å²) in [5.41, 5.74) is 7.01. The summed E-state index contributed by atoms with van der Waals surface area (Å²) in [5, 5.41) is 19.5. The van der Waals surface area contributed by atoms with Gasteiger partial charge in [-0.05, 0) is 35.7 Å². The van der Waals surface area contributed by atoms with Crippen molar-refractivity contribution in [3.63, 3.8) is 0 Å². The molecule has 5 aromatic heterocycles. The minimum Gasteiger partial charge on any atom is -0.307 e. The third-order valence-corrected chi connectivity index (χ3v) is 8.73. The first-order chi connectivity index (χ1) is 20.8. The fraction of sp³-hybridized carbons (Fsp3) is 0. The maximum atomic E-state index is 10.1. The second kappa shape index (κ2) is 7.57. The number of fused-ring (bicyclic) bond motifs is 13. The summed E-state index contributed by atoms with van der Waals surface area (Å²) in [6.07, 6.45) is 1.67. The van der Waals surface area contributed by atoms with Gasteiger partial charge >= 0.3 is 0 Å². The number of pyridine rings is 1. The first kappa shape index (κ1) is 21.7. The molecule has 10 aromatic rings. The lowest BCUT2D eigenvalue weighted by Gasteiger charge is -2.09. The molecule has 10 rings (SSSR count). The van der Waals surface area contributed by atoms with Crippen LogP contribution in [-0.4, -0.2) is 23.9 Å². The molecule has 0 radical (unpaired) electrons. The number of para-hydroxylation sites is 2. The van der Waals surface area contributed by atoms with E-state index in [0.29, 0.717) is 17.0 Å². The second-order valence-electron chi connectivity index (χ2n) is 10.8. The zero-order valence-corrected chi connectivity index (χ0v) is 22.1. The van der Waals surface area contributed by atoms with Crippen molar-refractivity contribution in [1.29, 1.82) is 5.26 Å². The molecule has 0 fully saturated rings. The SMILES string of the molecule is N#Cc1nc(-n2c3ccccc3c3cc4c5ccccc5n5c6c7ccccc7ccc6c(c32)c45)nc2cccnc12. The minimum atomic E-state index is 0.263. The van der Waals surface area contributed by atoms with Gasteiger partial charge in [0, 0.05) is 43.9 Å². The highest BCUT2D eigenvalue weighted by molar-refractivity contribution is 6.36. The number of benzene rings is 5. The van der Waals surface area contributed by atoms with Crippen molar-refractivity contribution in [2.75, 3.05) is 0 Å². The largest absolute Gasteiger partial charge is 0.307 e. The second-order valence-corrected chi connectivity index (χ2v) is 10.8. The van der Waals surface area contributed by atoms with Gasteiger partial charge in [-0.3, -0.25) is 9.55 Å². The highest BCUT2D eigenvalue weighted by atomic mass is 15.2. The molecular formula is C36H18N6. The Hall–Kier alpha value is -6.06. The van der Waals surface area contributed by atoms with Crippen molar-refractivity contribution in [1.82, 2.24) is 23.9 Å². The summed E-state index contributed by atoms with van der Waals surface area (Å²) in [5.74, 6) is 0.464. The molecule has 0 spiro atoms. The summed E-state index contributed by atoms with van der Waals surface area (Å²) in [6.45, 7) is 0. The normalized spacial score (nSPS) is 12.3. The van der Waals surface area contributed by atoms with Gasteiger partial charge in [-0.25, -0.2) is 4.98 Å². The summed E-state index contributed by atoms with van der Waals surface area (Å²) in [4.78, 5) is 14.2. The van der Waals surface area contributed by atoms with Crippen LogP contribution in [0.15, 0.2) is 109 Å². The average Bonchev–Trinajstić information content (AvgIpc) is 3.68. The van der Waals surface area contributed by atoms with Gasteiger partial charge in [0.1, 0.15) is 11.6 Å². The van der Waals surface area contributed by atoms with Crippen LogP contribution in [0.5, 0.6) is 0 Å². The molecule has 0 saturated carbocycles. The third-order valence-electron chi connectivity index (χ3n) is 8.73. The maximum absolute atomic E-state index is 10.1. The molecule has 0 saturated heterocycles. The van der Waals surface area contributed by atoms with Gasteiger partial charge < -0.3 is 4.40 Å². The standard InChI is InChI=1S/C36H18N6/c37-19-28-32-27(12-7-17-38-32)39-36(40-28)42-30-14-6-4-11-23(30)26-18-25-22-10-3-5-13-29(22)41-33-21-9-2-1-8-20(21)15-16-24(33)31(34(25)41)35(26)42/h1-18H. The molecule has 5 heterocycles. The molecule has 0 amide bonds. The predicted octanol–water partition coefficient (Wildman–Crippen LogP) is 8.30. The van der Waals surface area contributed by atoms with Crippen LogP contribution in [0.4, 0.5) is 0 Å². The molecule has 0 unspecified atom stereocenters. The van der Waals surface area contributed by atoms with E-state index in [4.69, 9.17) is 9.97 Å². The summed E-state index contributed by atoms with van der Waals surface area (Å²) < 4.78 is 4.57. The van der Waals surface area contributed by atoms with E-state index in [-0.39, 0.29) is 5.69 Å². The Balaban J connectivity index is 1.53. The molecule has 6 heteroatoms. The number of rotatable bonds is 1. The lowest BCUT2D eigenvalue weighted by atomic mass is 10.0. The zero-order valence-electron chi connectivity index (χ0n) is 22.1. The topological polar surface area (TPSA) is 71.8 Å². The predicted molar refractivity (Wildman–Crippen MR) is 169 cm³/mol. The van der Waals surface area contributed by atoms with Crippen LogP contribution in [-0.2, 0) is 0 Å². The molecular weight excluding hydrogens is 516 g/mol. The summed E-state index contributed by atoms with van der Waals surface area (Å²) in [7, 11) is 0. The van der Waals surface area contributed by atoms with Crippen LogP contribution in [0.1, 0.15) is 5.69 Å². The fourth-order valence-corrected chi connectivity index (χ4v) is 7.10. The van der Waals surface area contributed by atoms with E-state index >= 15 is 0 Å². The molecule has 0 aliphatic carbocycles. The van der Waals surface area contributed by atoms with Crippen LogP contribution in [0.2, 0.25) is 0 Å². The van der Waals surface area contributed by atoms with Crippen molar-refractivity contribution < 1.29 is 0 Å². The molecule has 0 aliphatic rings. The van der Waals surface area contributed by atoms with Gasteiger partial charge in [0.05, 0.1) is 33.1 Å². The Morgan fingerprint density at radius 3 is 2.19 bits per heavy atom. The molecule has 0 atom stereocenters. The van der Waals surface area contributed by atoms with Crippen LogP contribution in [0.3, 0.4) is 0 Å². The quantitative estimate of drug-likeness (QED) is 0.212. The minimum absolute atomic E-state index is 0.263. The zero-order chi connectivity index (χ0) is 27.5. The average molecular weight is 535 g/mol. The Bertz CT molecular complexity index is 2810. The summed E-state index contributed by atoms with van der Waals surface area (Å²) >= 11 is 0. The molecule has 0 bridgehead atoms. The lowest BCUT2D eigenvalue weighted by molar-refractivity contribution is 1.000. The summed E-state index contributed by atoms with van der Waals surface area (Å²) in [6, 6.07) is 38.4. The van der Waals surface area contributed by atoms with E-state index in [1.807, 2.05) is 18.2 Å². The Morgan fingerprint density at radius 2 is 1.33 bits per heavy atom. The van der Waals surface area contributed by atoms with E-state index in [9.17, 15) is 5.26 Å². The lowest BCUT2D eigenvalue weighted by Crippen LogP contribution is -2.04. The maximum Gasteiger partial charge on any atom is 0.236 e. The van der Waals surface area contributed by atoms with Crippen molar-refractivity contribution >= 4 is 81.7 Å². The molecule has 0 aliphatic heterocycles. The Labute approximate surface area is 237 Å². The van der Waals surface area contributed by atoms with E-state index in [2.05, 4.69) is 105 Å². The number of hydrogen-bond donors (Lipinski definition) is 0. The van der Waals surface area contributed by atoms with Crippen LogP contribution < -0.4 is 0 Å². The molecule has 6 nitrogen and oxygen atoms in total. The van der Waals surface area contributed by atoms with Crippen molar-refractivity contribution in [2.24, 2.45) is 0 Å². The molecule has 42 heavy (non-hydrogen) atoms. The van der Waals surface area contributed by atoms with Crippen LogP contribution in [0.25, 0.3) is 87.7 Å². The van der Waals surface area contributed by atoms with Gasteiger partial charge in [0.25, 0.3) is 0 Å². The van der Waals surface area contributed by atoms with Crippen LogP contribution >= 0.6 is 0 Å². The smallest absolute Gasteiger partial charge is 0.236 e. The first-order valence-corrected chi connectivity index (χ1v) is 13.9. The van der Waals surface area contributed by atoms with E-state index in [1.165, 1.54) is 43.5 Å². The van der Waals surface area contributed by atoms with Crippen molar-refractivity contribution in [3.8, 4) is 12.0 Å². The molecule has 5 aromatic carbocycles.